The molecule has 0 bridgehead atoms. The molecule has 2 amide bonds. The van der Waals surface area contributed by atoms with Crippen LogP contribution in [-0.4, -0.2) is 31.2 Å². The van der Waals surface area contributed by atoms with Crippen molar-refractivity contribution in [3.05, 3.63) is 64.9 Å². The van der Waals surface area contributed by atoms with Crippen LogP contribution in [0.1, 0.15) is 18.4 Å². The van der Waals surface area contributed by atoms with E-state index in [4.69, 9.17) is 16.3 Å². The fraction of sp³-hybridized carbons (Fsp3) is 0.316. The number of urea groups is 1. The van der Waals surface area contributed by atoms with Gasteiger partial charge in [0, 0.05) is 32.5 Å². The number of anilines is 1. The second-order valence-electron chi connectivity index (χ2n) is 5.67. The summed E-state index contributed by atoms with van der Waals surface area (Å²) in [6.07, 6.45) is 1.70. The molecule has 0 fully saturated rings. The van der Waals surface area contributed by atoms with Crippen LogP contribution in [-0.2, 0) is 11.3 Å². The molecule has 134 valence electrons. The molecule has 0 aromatic heterocycles. The first-order valence-electron chi connectivity index (χ1n) is 8.14. The molecule has 2 aromatic rings. The zero-order chi connectivity index (χ0) is 18.1. The maximum Gasteiger partial charge on any atom is 0.322 e. The van der Waals surface area contributed by atoms with E-state index in [1.807, 2.05) is 30.3 Å². The summed E-state index contributed by atoms with van der Waals surface area (Å²) in [5, 5.41) is 2.76. The van der Waals surface area contributed by atoms with Crippen molar-refractivity contribution in [2.75, 3.05) is 25.6 Å². The van der Waals surface area contributed by atoms with Crippen LogP contribution in [0.4, 0.5) is 14.9 Å². The topological polar surface area (TPSA) is 41.6 Å². The van der Waals surface area contributed by atoms with Gasteiger partial charge in [0.15, 0.2) is 0 Å². The van der Waals surface area contributed by atoms with Gasteiger partial charge in [0.2, 0.25) is 0 Å². The molecule has 2 aromatic carbocycles. The monoisotopic (exact) mass is 364 g/mol. The molecule has 0 saturated carbocycles. The third-order valence-electron chi connectivity index (χ3n) is 3.70. The first kappa shape index (κ1) is 19.2. The lowest BCUT2D eigenvalue weighted by molar-refractivity contribution is 0.182. The summed E-state index contributed by atoms with van der Waals surface area (Å²) in [4.78, 5) is 14.3. The highest BCUT2D eigenvalue weighted by molar-refractivity contribution is 6.31. The highest BCUT2D eigenvalue weighted by Crippen LogP contribution is 2.20. The lowest BCUT2D eigenvalue weighted by atomic mass is 10.2. The van der Waals surface area contributed by atoms with Crippen LogP contribution < -0.4 is 5.32 Å². The SMILES string of the molecule is COCCCCN(Cc1ccccc1)C(=O)Nc1ccc(F)c(Cl)c1. The summed E-state index contributed by atoms with van der Waals surface area (Å²) in [5.41, 5.74) is 1.51. The molecular formula is C19H22ClFN2O2. The molecule has 4 nitrogen and oxygen atoms in total. The molecule has 0 aliphatic heterocycles. The number of ether oxygens (including phenoxy) is 1. The number of nitrogens with one attached hydrogen (secondary N) is 1. The van der Waals surface area contributed by atoms with Crippen molar-refractivity contribution in [1.29, 1.82) is 0 Å². The van der Waals surface area contributed by atoms with Crippen molar-refractivity contribution in [3.8, 4) is 0 Å². The molecule has 0 aliphatic carbocycles. The Balaban J connectivity index is 2.03. The molecule has 0 atom stereocenters. The van der Waals surface area contributed by atoms with Gasteiger partial charge in [0.05, 0.1) is 5.02 Å². The Kier molecular flexibility index (Phi) is 7.70. The molecule has 0 saturated heterocycles. The van der Waals surface area contributed by atoms with Gasteiger partial charge in [0.25, 0.3) is 0 Å². The Labute approximate surface area is 152 Å². The first-order valence-corrected chi connectivity index (χ1v) is 8.52. The van der Waals surface area contributed by atoms with Crippen molar-refractivity contribution >= 4 is 23.3 Å². The summed E-state index contributed by atoms with van der Waals surface area (Å²) in [6, 6.07) is 13.7. The predicted molar refractivity (Wildman–Crippen MR) is 98.4 cm³/mol. The average Bonchev–Trinajstić information content (AvgIpc) is 2.61. The third kappa shape index (κ3) is 6.36. The minimum atomic E-state index is -0.514. The zero-order valence-corrected chi connectivity index (χ0v) is 14.9. The van der Waals surface area contributed by atoms with E-state index in [1.165, 1.54) is 18.2 Å². The molecule has 2 rings (SSSR count). The number of benzene rings is 2. The van der Waals surface area contributed by atoms with Crippen LogP contribution in [0.5, 0.6) is 0 Å². The maximum atomic E-state index is 13.3. The Morgan fingerprint density at radius 3 is 2.64 bits per heavy atom. The van der Waals surface area contributed by atoms with Gasteiger partial charge in [-0.3, -0.25) is 0 Å². The van der Waals surface area contributed by atoms with Gasteiger partial charge in [-0.05, 0) is 36.6 Å². The van der Waals surface area contributed by atoms with E-state index in [2.05, 4.69) is 5.32 Å². The molecule has 1 N–H and O–H groups in total. The number of halogens is 2. The number of unbranched alkanes of at least 4 members (excludes halogenated alkanes) is 1. The van der Waals surface area contributed by atoms with Crippen LogP contribution >= 0.6 is 11.6 Å². The number of carbonyl (C=O) groups is 1. The van der Waals surface area contributed by atoms with Gasteiger partial charge in [-0.25, -0.2) is 9.18 Å². The second-order valence-corrected chi connectivity index (χ2v) is 6.07. The minimum Gasteiger partial charge on any atom is -0.385 e. The Morgan fingerprint density at radius 2 is 1.96 bits per heavy atom. The fourth-order valence-electron chi connectivity index (χ4n) is 2.38. The average molecular weight is 365 g/mol. The van der Waals surface area contributed by atoms with Gasteiger partial charge in [0.1, 0.15) is 5.82 Å². The number of rotatable bonds is 8. The molecule has 0 radical (unpaired) electrons. The number of amides is 2. The quantitative estimate of drug-likeness (QED) is 0.674. The van der Waals surface area contributed by atoms with E-state index in [9.17, 15) is 9.18 Å². The van der Waals surface area contributed by atoms with Gasteiger partial charge in [-0.1, -0.05) is 41.9 Å². The van der Waals surface area contributed by atoms with E-state index < -0.39 is 5.82 Å². The van der Waals surface area contributed by atoms with Crippen molar-refractivity contribution < 1.29 is 13.9 Å². The minimum absolute atomic E-state index is 0.0208. The van der Waals surface area contributed by atoms with Gasteiger partial charge < -0.3 is 15.0 Å². The first-order chi connectivity index (χ1) is 12.1. The van der Waals surface area contributed by atoms with Crippen molar-refractivity contribution in [1.82, 2.24) is 4.90 Å². The molecule has 0 unspecified atom stereocenters. The van der Waals surface area contributed by atoms with Crippen LogP contribution in [0.2, 0.25) is 5.02 Å². The Bertz CT molecular complexity index is 682. The summed E-state index contributed by atoms with van der Waals surface area (Å²) >= 11 is 5.77. The van der Waals surface area contributed by atoms with Gasteiger partial charge in [-0.2, -0.15) is 0 Å². The molecule has 0 aliphatic rings. The van der Waals surface area contributed by atoms with Crippen LogP contribution in [0, 0.1) is 5.82 Å². The predicted octanol–water partition coefficient (Wildman–Crippen LogP) is 4.94. The van der Waals surface area contributed by atoms with E-state index in [-0.39, 0.29) is 11.1 Å². The zero-order valence-electron chi connectivity index (χ0n) is 14.2. The van der Waals surface area contributed by atoms with Crippen molar-refractivity contribution in [2.24, 2.45) is 0 Å². The molecule has 0 spiro atoms. The smallest absolute Gasteiger partial charge is 0.322 e. The van der Waals surface area contributed by atoms with Crippen molar-refractivity contribution in [3.63, 3.8) is 0 Å². The lowest BCUT2D eigenvalue weighted by Gasteiger charge is -2.23. The molecular weight excluding hydrogens is 343 g/mol. The molecule has 6 heteroatoms. The summed E-state index contributed by atoms with van der Waals surface area (Å²) in [5.74, 6) is -0.514. The van der Waals surface area contributed by atoms with E-state index >= 15 is 0 Å². The number of hydrogen-bond donors (Lipinski definition) is 1. The van der Waals surface area contributed by atoms with E-state index in [0.29, 0.717) is 25.4 Å². The highest BCUT2D eigenvalue weighted by atomic mass is 35.5. The van der Waals surface area contributed by atoms with E-state index in [0.717, 1.165) is 18.4 Å². The van der Waals surface area contributed by atoms with Crippen LogP contribution in [0.15, 0.2) is 48.5 Å². The summed E-state index contributed by atoms with van der Waals surface area (Å²) in [7, 11) is 1.66. The second kappa shape index (κ2) is 10.0. The number of hydrogen-bond acceptors (Lipinski definition) is 2. The standard InChI is InChI=1S/C19H22ClFN2O2/c1-25-12-6-5-11-23(14-15-7-3-2-4-8-15)19(24)22-16-9-10-18(21)17(20)13-16/h2-4,7-10,13H,5-6,11-12,14H2,1H3,(H,22,24). The molecule has 0 heterocycles. The van der Waals surface area contributed by atoms with Crippen LogP contribution in [0.3, 0.4) is 0 Å². The summed E-state index contributed by atoms with van der Waals surface area (Å²) < 4.78 is 18.3. The maximum absolute atomic E-state index is 13.3. The molecule has 25 heavy (non-hydrogen) atoms. The fourth-order valence-corrected chi connectivity index (χ4v) is 2.56. The lowest BCUT2D eigenvalue weighted by Crippen LogP contribution is -2.35. The summed E-state index contributed by atoms with van der Waals surface area (Å²) in [6.45, 7) is 1.75. The normalized spacial score (nSPS) is 10.5. The van der Waals surface area contributed by atoms with Crippen LogP contribution in [0.25, 0.3) is 0 Å². The largest absolute Gasteiger partial charge is 0.385 e. The van der Waals surface area contributed by atoms with Gasteiger partial charge in [-0.15, -0.1) is 0 Å². The van der Waals surface area contributed by atoms with E-state index in [1.54, 1.807) is 12.0 Å². The van der Waals surface area contributed by atoms with Crippen molar-refractivity contribution in [2.45, 2.75) is 19.4 Å². The highest BCUT2D eigenvalue weighted by Gasteiger charge is 2.14. The number of nitrogens with zero attached hydrogens (tertiary/aromatic N) is 1. The Morgan fingerprint density at radius 1 is 1.20 bits per heavy atom. The number of carbonyl (C=O) groups excluding carboxylic acids is 1. The van der Waals surface area contributed by atoms with Gasteiger partial charge >= 0.3 is 6.03 Å². The number of methoxy groups -OCH3 is 1. The Hall–Kier alpha value is -2.11. The third-order valence-corrected chi connectivity index (χ3v) is 3.99.